The third-order valence-corrected chi connectivity index (χ3v) is 6.21. The smallest absolute Gasteiger partial charge is 0.349 e. The lowest BCUT2D eigenvalue weighted by molar-refractivity contribution is -0.153. The molecule has 0 fully saturated rings. The Morgan fingerprint density at radius 3 is 2.33 bits per heavy atom. The highest BCUT2D eigenvalue weighted by Crippen LogP contribution is 2.43. The van der Waals surface area contributed by atoms with E-state index in [2.05, 4.69) is 15.3 Å². The molecule has 36 heavy (non-hydrogen) atoms. The van der Waals surface area contributed by atoms with Crippen molar-refractivity contribution in [2.24, 2.45) is 0 Å². The number of ether oxygens (including phenoxy) is 4. The van der Waals surface area contributed by atoms with E-state index >= 15 is 0 Å². The number of likely N-dealkylation sites (N-methyl/N-ethyl adjacent to an activating group) is 1. The van der Waals surface area contributed by atoms with Crippen LogP contribution in [0.4, 0.5) is 5.69 Å². The lowest BCUT2D eigenvalue weighted by Gasteiger charge is -2.40. The molecular weight excluding hydrogens is 488 g/mol. The van der Waals surface area contributed by atoms with Gasteiger partial charge in [-0.15, -0.1) is 0 Å². The lowest BCUT2D eigenvalue weighted by Crippen LogP contribution is -2.59. The van der Waals surface area contributed by atoms with E-state index in [1.165, 1.54) is 32.3 Å². The van der Waals surface area contributed by atoms with Gasteiger partial charge in [-0.1, -0.05) is 41.9 Å². The molecule has 188 valence electrons. The van der Waals surface area contributed by atoms with Gasteiger partial charge in [0.05, 0.1) is 33.9 Å². The van der Waals surface area contributed by atoms with Gasteiger partial charge in [0.15, 0.2) is 0 Å². The first kappa shape index (κ1) is 25.2. The molecule has 2 aromatic carbocycles. The number of hydrogen-bond donors (Lipinski definition) is 1. The summed E-state index contributed by atoms with van der Waals surface area (Å²) in [5.41, 5.74) is 0.260. The van der Waals surface area contributed by atoms with E-state index in [4.69, 9.17) is 30.5 Å². The minimum atomic E-state index is -1.44. The van der Waals surface area contributed by atoms with Crippen molar-refractivity contribution in [3.8, 4) is 17.8 Å². The van der Waals surface area contributed by atoms with E-state index in [0.717, 1.165) is 0 Å². The van der Waals surface area contributed by atoms with E-state index in [1.807, 2.05) is 30.3 Å². The average molecular weight is 513 g/mol. The summed E-state index contributed by atoms with van der Waals surface area (Å²) >= 11 is 6.44. The van der Waals surface area contributed by atoms with Gasteiger partial charge in [-0.2, -0.15) is 9.97 Å². The standard InChI is InChI=1S/C25H25ClN4O6/c1-30-18-11-10-16(26)12-17(18)25(27-14-21(30)31,15-8-6-5-7-9-15)22(23(32)35-4)36-24-28-19(33-2)13-20(29-24)34-3/h5-13,22,27H,14H2,1-4H3/t22-,25-/m0/s1. The van der Waals surface area contributed by atoms with Gasteiger partial charge >= 0.3 is 12.0 Å². The van der Waals surface area contributed by atoms with E-state index in [-0.39, 0.29) is 30.2 Å². The second-order valence-electron chi connectivity index (χ2n) is 7.90. The van der Waals surface area contributed by atoms with Crippen LogP contribution in [0, 0.1) is 0 Å². The molecule has 1 aliphatic rings. The minimum Gasteiger partial charge on any atom is -0.481 e. The number of methoxy groups -OCH3 is 3. The van der Waals surface area contributed by atoms with Crippen molar-refractivity contribution in [1.29, 1.82) is 0 Å². The monoisotopic (exact) mass is 512 g/mol. The van der Waals surface area contributed by atoms with Crippen molar-refractivity contribution in [3.63, 3.8) is 0 Å². The Morgan fingerprint density at radius 1 is 1.06 bits per heavy atom. The molecule has 0 unspecified atom stereocenters. The number of nitrogens with zero attached hydrogens (tertiary/aromatic N) is 3. The summed E-state index contributed by atoms with van der Waals surface area (Å²) in [5, 5.41) is 3.68. The summed E-state index contributed by atoms with van der Waals surface area (Å²) in [4.78, 5) is 36.4. The topological polar surface area (TPSA) is 112 Å². The number of hydrogen-bond acceptors (Lipinski definition) is 9. The van der Waals surface area contributed by atoms with Crippen molar-refractivity contribution in [2.45, 2.75) is 11.6 Å². The first-order valence-corrected chi connectivity index (χ1v) is 11.3. The third kappa shape index (κ3) is 4.52. The molecule has 1 amide bonds. The van der Waals surface area contributed by atoms with Crippen molar-refractivity contribution in [3.05, 3.63) is 70.7 Å². The van der Waals surface area contributed by atoms with Gasteiger partial charge in [0.25, 0.3) is 0 Å². The molecule has 0 saturated carbocycles. The number of anilines is 1. The Morgan fingerprint density at radius 2 is 1.72 bits per heavy atom. The van der Waals surface area contributed by atoms with Gasteiger partial charge in [0.1, 0.15) is 5.54 Å². The van der Waals surface area contributed by atoms with E-state index in [1.54, 1.807) is 25.2 Å². The van der Waals surface area contributed by atoms with Crippen LogP contribution in [0.15, 0.2) is 54.6 Å². The van der Waals surface area contributed by atoms with E-state index in [9.17, 15) is 9.59 Å². The second kappa shape index (κ2) is 10.4. The summed E-state index contributed by atoms with van der Waals surface area (Å²) < 4.78 is 21.8. The predicted octanol–water partition coefficient (Wildman–Crippen LogP) is 2.58. The number of halogens is 1. The van der Waals surface area contributed by atoms with E-state index < -0.39 is 17.6 Å². The Kier molecular flexibility index (Phi) is 7.27. The van der Waals surface area contributed by atoms with Gasteiger partial charge in [-0.05, 0) is 23.8 Å². The Labute approximate surface area is 213 Å². The fraction of sp³-hybridized carbons (Fsp3) is 0.280. The van der Waals surface area contributed by atoms with Crippen LogP contribution in [0.1, 0.15) is 11.1 Å². The molecule has 11 heteroatoms. The highest BCUT2D eigenvalue weighted by atomic mass is 35.5. The van der Waals surface area contributed by atoms with Gasteiger partial charge in [0.2, 0.25) is 23.8 Å². The van der Waals surface area contributed by atoms with Crippen molar-refractivity contribution < 1.29 is 28.5 Å². The first-order valence-electron chi connectivity index (χ1n) is 10.9. The number of carbonyl (C=O) groups excluding carboxylic acids is 2. The van der Waals surface area contributed by atoms with Crippen LogP contribution in [0.3, 0.4) is 0 Å². The summed E-state index contributed by atoms with van der Waals surface area (Å²) in [6, 6.07) is 15.5. The molecule has 0 radical (unpaired) electrons. The maximum atomic E-state index is 13.4. The zero-order valence-electron chi connectivity index (χ0n) is 20.1. The van der Waals surface area contributed by atoms with Crippen LogP contribution in [-0.4, -0.2) is 62.9 Å². The Bertz CT molecular complexity index is 1250. The largest absolute Gasteiger partial charge is 0.481 e. The summed E-state index contributed by atoms with van der Waals surface area (Å²) in [6.07, 6.45) is -1.40. The highest BCUT2D eigenvalue weighted by Gasteiger charge is 2.52. The maximum absolute atomic E-state index is 13.4. The number of benzene rings is 2. The van der Waals surface area contributed by atoms with Crippen molar-refractivity contribution in [1.82, 2.24) is 15.3 Å². The molecule has 0 spiro atoms. The molecule has 1 N–H and O–H groups in total. The zero-order chi connectivity index (χ0) is 25.9. The maximum Gasteiger partial charge on any atom is 0.349 e. The summed E-state index contributed by atoms with van der Waals surface area (Å²) in [6.45, 7) is -0.114. The highest BCUT2D eigenvalue weighted by molar-refractivity contribution is 6.30. The molecule has 1 aliphatic heterocycles. The Hall–Kier alpha value is -3.89. The SMILES string of the molecule is COC(=O)[C@H](Oc1nc(OC)cc(OC)n1)[C@@]1(c2ccccc2)NCC(=O)N(C)c2ccc(Cl)cc21. The van der Waals surface area contributed by atoms with Gasteiger partial charge in [-0.25, -0.2) is 4.79 Å². The van der Waals surface area contributed by atoms with Crippen LogP contribution < -0.4 is 24.4 Å². The second-order valence-corrected chi connectivity index (χ2v) is 8.33. The molecule has 2 heterocycles. The fourth-order valence-corrected chi connectivity index (χ4v) is 4.37. The van der Waals surface area contributed by atoms with Gasteiger partial charge in [-0.3, -0.25) is 10.1 Å². The van der Waals surface area contributed by atoms with Crippen LogP contribution in [0.25, 0.3) is 0 Å². The quantitative estimate of drug-likeness (QED) is 0.477. The molecule has 1 aromatic heterocycles. The molecular formula is C25H25ClN4O6. The fourth-order valence-electron chi connectivity index (χ4n) is 4.19. The average Bonchev–Trinajstić information content (AvgIpc) is 3.01. The van der Waals surface area contributed by atoms with Gasteiger partial charge in [0, 0.05) is 23.3 Å². The number of nitrogens with one attached hydrogen (secondary N) is 1. The lowest BCUT2D eigenvalue weighted by atomic mass is 9.77. The number of rotatable bonds is 7. The molecule has 0 saturated heterocycles. The molecule has 4 rings (SSSR count). The van der Waals surface area contributed by atoms with Crippen LogP contribution in [0.2, 0.25) is 5.02 Å². The molecule has 10 nitrogen and oxygen atoms in total. The van der Waals surface area contributed by atoms with Crippen LogP contribution >= 0.6 is 11.6 Å². The molecule has 2 atom stereocenters. The van der Waals surface area contributed by atoms with Gasteiger partial charge < -0.3 is 23.8 Å². The van der Waals surface area contributed by atoms with Crippen LogP contribution in [0.5, 0.6) is 17.8 Å². The normalized spacial score (nSPS) is 18.0. The third-order valence-electron chi connectivity index (χ3n) is 5.98. The molecule has 3 aromatic rings. The zero-order valence-corrected chi connectivity index (χ0v) is 20.9. The summed E-state index contributed by atoms with van der Waals surface area (Å²) in [5.74, 6) is -0.623. The number of carbonyl (C=O) groups is 2. The first-order chi connectivity index (χ1) is 17.3. The van der Waals surface area contributed by atoms with E-state index in [0.29, 0.717) is 21.8 Å². The molecule has 0 aliphatic carbocycles. The molecule has 0 bridgehead atoms. The number of esters is 1. The predicted molar refractivity (Wildman–Crippen MR) is 132 cm³/mol. The van der Waals surface area contributed by atoms with Crippen LogP contribution in [-0.2, 0) is 19.9 Å². The number of fused-ring (bicyclic) bond motifs is 1. The Balaban J connectivity index is 2.01. The number of aromatic nitrogens is 2. The summed E-state index contributed by atoms with van der Waals surface area (Å²) in [7, 11) is 5.77. The minimum absolute atomic E-state index is 0.114. The number of amides is 1. The van der Waals surface area contributed by atoms with Crippen molar-refractivity contribution in [2.75, 3.05) is 39.8 Å². The van der Waals surface area contributed by atoms with Crippen molar-refractivity contribution >= 4 is 29.2 Å².